The van der Waals surface area contributed by atoms with Crippen LogP contribution in [-0.4, -0.2) is 24.5 Å². The summed E-state index contributed by atoms with van der Waals surface area (Å²) in [5, 5.41) is 2.72. The van der Waals surface area contributed by atoms with E-state index in [1.54, 1.807) is 19.4 Å². The molecule has 0 spiro atoms. The maximum atomic E-state index is 11.8. The van der Waals surface area contributed by atoms with Gasteiger partial charge >= 0.3 is 0 Å². The van der Waals surface area contributed by atoms with Crippen LogP contribution in [0, 0.1) is 11.8 Å². The fourth-order valence-corrected chi connectivity index (χ4v) is 1.95. The number of methoxy groups -OCH3 is 1. The number of benzene rings is 1. The van der Waals surface area contributed by atoms with E-state index in [1.165, 1.54) is 6.20 Å². The maximum Gasteiger partial charge on any atom is 0.253 e. The topological polar surface area (TPSA) is 51.2 Å². The van der Waals surface area contributed by atoms with E-state index in [0.717, 1.165) is 15.8 Å². The van der Waals surface area contributed by atoms with E-state index >= 15 is 0 Å². The standard InChI is InChI=1S/C16H13BrN2O2/c1-21-15-6-4-12(5-7-15)3-2-8-19-16(20)13-9-14(17)11-18-10-13/h4-7,9-11H,8H2,1H3,(H,19,20). The number of hydrogen-bond donors (Lipinski definition) is 1. The van der Waals surface area contributed by atoms with Crippen LogP contribution in [0.1, 0.15) is 15.9 Å². The maximum absolute atomic E-state index is 11.8. The van der Waals surface area contributed by atoms with E-state index in [0.29, 0.717) is 5.56 Å². The number of carbonyl (C=O) groups is 1. The molecule has 0 aliphatic heterocycles. The molecule has 2 rings (SSSR count). The fraction of sp³-hybridized carbons (Fsp3) is 0.125. The number of rotatable bonds is 3. The van der Waals surface area contributed by atoms with Crippen LogP contribution in [0.4, 0.5) is 0 Å². The predicted octanol–water partition coefficient (Wildman–Crippen LogP) is 2.63. The summed E-state index contributed by atoms with van der Waals surface area (Å²) in [5.41, 5.74) is 1.37. The minimum absolute atomic E-state index is 0.201. The zero-order valence-corrected chi connectivity index (χ0v) is 13.0. The summed E-state index contributed by atoms with van der Waals surface area (Å²) >= 11 is 3.27. The minimum Gasteiger partial charge on any atom is -0.497 e. The Labute approximate surface area is 131 Å². The Bertz CT molecular complexity index is 687. The van der Waals surface area contributed by atoms with Gasteiger partial charge in [0.2, 0.25) is 0 Å². The number of carbonyl (C=O) groups excluding carboxylic acids is 1. The van der Waals surface area contributed by atoms with E-state index in [-0.39, 0.29) is 12.5 Å². The molecule has 2 aromatic rings. The summed E-state index contributed by atoms with van der Waals surface area (Å²) < 4.78 is 5.83. The lowest BCUT2D eigenvalue weighted by Crippen LogP contribution is -2.23. The molecule has 0 atom stereocenters. The van der Waals surface area contributed by atoms with Crippen molar-refractivity contribution in [1.29, 1.82) is 0 Å². The molecule has 0 saturated carbocycles. The number of hydrogen-bond acceptors (Lipinski definition) is 3. The highest BCUT2D eigenvalue weighted by Crippen LogP contribution is 2.10. The highest BCUT2D eigenvalue weighted by Gasteiger charge is 2.04. The molecular weight excluding hydrogens is 332 g/mol. The summed E-state index contributed by atoms with van der Waals surface area (Å²) in [6.07, 6.45) is 3.14. The third-order valence-corrected chi connectivity index (χ3v) is 3.06. The number of nitrogens with one attached hydrogen (secondary N) is 1. The third-order valence-electron chi connectivity index (χ3n) is 2.63. The second-order valence-corrected chi connectivity index (χ2v) is 5.02. The first-order chi connectivity index (χ1) is 10.2. The fourth-order valence-electron chi connectivity index (χ4n) is 1.58. The number of halogens is 1. The lowest BCUT2D eigenvalue weighted by atomic mass is 10.2. The highest BCUT2D eigenvalue weighted by atomic mass is 79.9. The number of aromatic nitrogens is 1. The molecule has 106 valence electrons. The van der Waals surface area contributed by atoms with Crippen molar-refractivity contribution in [3.8, 4) is 17.6 Å². The average Bonchev–Trinajstić information content (AvgIpc) is 2.52. The third kappa shape index (κ3) is 4.62. The summed E-state index contributed by atoms with van der Waals surface area (Å²) in [4.78, 5) is 15.8. The molecule has 21 heavy (non-hydrogen) atoms. The van der Waals surface area contributed by atoms with Gasteiger partial charge in [-0.05, 0) is 46.3 Å². The number of nitrogens with zero attached hydrogens (tertiary/aromatic N) is 1. The van der Waals surface area contributed by atoms with Crippen LogP contribution in [0.15, 0.2) is 47.2 Å². The molecule has 0 aliphatic carbocycles. The first-order valence-electron chi connectivity index (χ1n) is 6.21. The quantitative estimate of drug-likeness (QED) is 0.871. The first kappa shape index (κ1) is 15.1. The molecule has 5 heteroatoms. The molecule has 0 unspecified atom stereocenters. The van der Waals surface area contributed by atoms with Crippen LogP contribution in [-0.2, 0) is 0 Å². The van der Waals surface area contributed by atoms with Gasteiger partial charge < -0.3 is 10.1 Å². The molecule has 1 aromatic carbocycles. The molecule has 1 amide bonds. The molecule has 0 fully saturated rings. The minimum atomic E-state index is -0.201. The molecule has 1 N–H and O–H groups in total. The first-order valence-corrected chi connectivity index (χ1v) is 7.00. The Balaban J connectivity index is 1.89. The Hall–Kier alpha value is -2.32. The number of pyridine rings is 1. The molecule has 1 heterocycles. The molecule has 0 bridgehead atoms. The highest BCUT2D eigenvalue weighted by molar-refractivity contribution is 9.10. The van der Waals surface area contributed by atoms with E-state index in [1.807, 2.05) is 24.3 Å². The van der Waals surface area contributed by atoms with Gasteiger partial charge in [0, 0.05) is 22.4 Å². The van der Waals surface area contributed by atoms with Gasteiger partial charge in [-0.15, -0.1) is 0 Å². The van der Waals surface area contributed by atoms with Crippen molar-refractivity contribution < 1.29 is 9.53 Å². The summed E-state index contributed by atoms with van der Waals surface area (Å²) in [7, 11) is 1.62. The van der Waals surface area contributed by atoms with Gasteiger partial charge in [0.1, 0.15) is 5.75 Å². The van der Waals surface area contributed by atoms with E-state index in [2.05, 4.69) is 38.1 Å². The van der Waals surface area contributed by atoms with Crippen LogP contribution >= 0.6 is 15.9 Å². The number of amides is 1. The van der Waals surface area contributed by atoms with Gasteiger partial charge in [0.05, 0.1) is 19.2 Å². The normalized spacial score (nSPS) is 9.43. The zero-order valence-electron chi connectivity index (χ0n) is 11.4. The van der Waals surface area contributed by atoms with Crippen LogP contribution < -0.4 is 10.1 Å². The van der Waals surface area contributed by atoms with Gasteiger partial charge in [-0.2, -0.15) is 0 Å². The van der Waals surface area contributed by atoms with Gasteiger partial charge in [-0.1, -0.05) is 11.8 Å². The SMILES string of the molecule is COc1ccc(C#CCNC(=O)c2cncc(Br)c2)cc1. The van der Waals surface area contributed by atoms with Crippen LogP contribution in [0.5, 0.6) is 5.75 Å². The second kappa shape index (κ2) is 7.46. The average molecular weight is 345 g/mol. The van der Waals surface area contributed by atoms with Gasteiger partial charge in [0.15, 0.2) is 0 Å². The van der Waals surface area contributed by atoms with E-state index < -0.39 is 0 Å². The van der Waals surface area contributed by atoms with Crippen molar-refractivity contribution in [3.05, 3.63) is 58.3 Å². The smallest absolute Gasteiger partial charge is 0.253 e. The molecule has 1 aromatic heterocycles. The molecule has 0 saturated heterocycles. The van der Waals surface area contributed by atoms with E-state index in [9.17, 15) is 4.79 Å². The largest absolute Gasteiger partial charge is 0.497 e. The van der Waals surface area contributed by atoms with Crippen molar-refractivity contribution in [2.24, 2.45) is 0 Å². The molecule has 4 nitrogen and oxygen atoms in total. The Morgan fingerprint density at radius 2 is 2.10 bits per heavy atom. The van der Waals surface area contributed by atoms with Crippen molar-refractivity contribution in [2.45, 2.75) is 0 Å². The molecule has 0 radical (unpaired) electrons. The van der Waals surface area contributed by atoms with Crippen molar-refractivity contribution in [1.82, 2.24) is 10.3 Å². The Morgan fingerprint density at radius 3 is 2.76 bits per heavy atom. The van der Waals surface area contributed by atoms with Crippen LogP contribution in [0.3, 0.4) is 0 Å². The van der Waals surface area contributed by atoms with Crippen molar-refractivity contribution in [2.75, 3.05) is 13.7 Å². The monoisotopic (exact) mass is 344 g/mol. The second-order valence-electron chi connectivity index (χ2n) is 4.10. The van der Waals surface area contributed by atoms with Gasteiger partial charge in [-0.3, -0.25) is 9.78 Å². The van der Waals surface area contributed by atoms with Crippen LogP contribution in [0.2, 0.25) is 0 Å². The number of ether oxygens (including phenoxy) is 1. The molecule has 0 aliphatic rings. The van der Waals surface area contributed by atoms with Gasteiger partial charge in [0.25, 0.3) is 5.91 Å². The molecular formula is C16H13BrN2O2. The Morgan fingerprint density at radius 1 is 1.33 bits per heavy atom. The predicted molar refractivity (Wildman–Crippen MR) is 84.1 cm³/mol. The summed E-state index contributed by atoms with van der Waals surface area (Å²) in [6, 6.07) is 9.13. The zero-order chi connectivity index (χ0) is 15.1. The van der Waals surface area contributed by atoms with Gasteiger partial charge in [-0.25, -0.2) is 0 Å². The van der Waals surface area contributed by atoms with E-state index in [4.69, 9.17) is 4.74 Å². The summed E-state index contributed by atoms with van der Waals surface area (Å²) in [6.45, 7) is 0.275. The lowest BCUT2D eigenvalue weighted by molar-refractivity contribution is 0.0958. The van der Waals surface area contributed by atoms with Crippen LogP contribution in [0.25, 0.3) is 0 Å². The lowest BCUT2D eigenvalue weighted by Gasteiger charge is -2.01. The Kier molecular flexibility index (Phi) is 5.35. The van der Waals surface area contributed by atoms with Crippen molar-refractivity contribution >= 4 is 21.8 Å². The summed E-state index contributed by atoms with van der Waals surface area (Å²) in [5.74, 6) is 6.46. The van der Waals surface area contributed by atoms with Crippen molar-refractivity contribution in [3.63, 3.8) is 0 Å².